The van der Waals surface area contributed by atoms with Crippen molar-refractivity contribution < 1.29 is 8.78 Å². The summed E-state index contributed by atoms with van der Waals surface area (Å²) >= 11 is 0. The van der Waals surface area contributed by atoms with E-state index in [0.29, 0.717) is 6.21 Å². The van der Waals surface area contributed by atoms with E-state index in [1.54, 1.807) is 0 Å². The molecule has 0 aromatic rings. The summed E-state index contributed by atoms with van der Waals surface area (Å²) in [6.45, 7) is 6.26. The highest BCUT2D eigenvalue weighted by Crippen LogP contribution is 2.20. The minimum absolute atomic E-state index is 0.248. The number of allylic oxidation sites excluding steroid dienone is 2. The Kier molecular flexibility index (Phi) is 7.05. The molecular weight excluding hydrogens is 148 g/mol. The molecule has 0 radical (unpaired) electrons. The molecule has 0 rings (SSSR count). The van der Waals surface area contributed by atoms with Crippen LogP contribution < -0.4 is 0 Å². The topological polar surface area (TPSA) is 23.9 Å². The SMILES string of the molecule is C/C=C(\C=N)C(C)(F)F.CC. The molecule has 0 amide bonds. The first-order valence-corrected chi connectivity index (χ1v) is 3.57. The Morgan fingerprint density at radius 1 is 1.36 bits per heavy atom. The molecular formula is C8H15F2N. The highest BCUT2D eigenvalue weighted by atomic mass is 19.3. The fourth-order valence-electron chi connectivity index (χ4n) is 0.464. The maximum absolute atomic E-state index is 12.2. The zero-order chi connectivity index (χ0) is 9.49. The van der Waals surface area contributed by atoms with E-state index in [1.807, 2.05) is 13.8 Å². The first-order chi connectivity index (χ1) is 5.02. The molecule has 0 saturated heterocycles. The first-order valence-electron chi connectivity index (χ1n) is 3.57. The predicted octanol–water partition coefficient (Wildman–Crippen LogP) is 3.26. The first kappa shape index (κ1) is 12.9. The van der Waals surface area contributed by atoms with Gasteiger partial charge in [0.05, 0.1) is 0 Å². The summed E-state index contributed by atoms with van der Waals surface area (Å²) in [5, 5.41) is 6.54. The normalized spacial score (nSPS) is 11.6. The van der Waals surface area contributed by atoms with Crippen LogP contribution in [0, 0.1) is 5.41 Å². The Hall–Kier alpha value is -0.730. The predicted molar refractivity (Wildman–Crippen MR) is 44.5 cm³/mol. The number of alkyl halides is 2. The van der Waals surface area contributed by atoms with Gasteiger partial charge in [-0.25, -0.2) is 8.78 Å². The highest BCUT2D eigenvalue weighted by molar-refractivity contribution is 5.77. The van der Waals surface area contributed by atoms with Crippen LogP contribution in [0.1, 0.15) is 27.7 Å². The lowest BCUT2D eigenvalue weighted by atomic mass is 10.1. The summed E-state index contributed by atoms with van der Waals surface area (Å²) in [6.07, 6.45) is 1.90. The Bertz CT molecular complexity index is 134. The van der Waals surface area contributed by atoms with Crippen molar-refractivity contribution in [2.75, 3.05) is 0 Å². The van der Waals surface area contributed by atoms with E-state index in [4.69, 9.17) is 5.41 Å². The smallest absolute Gasteiger partial charge is 0.271 e. The van der Waals surface area contributed by atoms with Crippen LogP contribution in [0.3, 0.4) is 0 Å². The molecule has 0 aromatic heterocycles. The van der Waals surface area contributed by atoms with E-state index < -0.39 is 5.92 Å². The highest BCUT2D eigenvalue weighted by Gasteiger charge is 2.24. The number of halogens is 2. The number of hydrogen-bond acceptors (Lipinski definition) is 1. The molecule has 0 atom stereocenters. The van der Waals surface area contributed by atoms with Gasteiger partial charge in [0.1, 0.15) is 0 Å². The molecule has 1 N–H and O–H groups in total. The quantitative estimate of drug-likeness (QED) is 0.604. The molecule has 0 saturated carbocycles. The lowest BCUT2D eigenvalue weighted by Crippen LogP contribution is -2.13. The second-order valence-corrected chi connectivity index (χ2v) is 1.78. The molecule has 66 valence electrons. The summed E-state index contributed by atoms with van der Waals surface area (Å²) < 4.78 is 24.3. The minimum Gasteiger partial charge on any atom is -0.308 e. The van der Waals surface area contributed by atoms with E-state index in [0.717, 1.165) is 6.92 Å². The van der Waals surface area contributed by atoms with Gasteiger partial charge < -0.3 is 5.41 Å². The summed E-state index contributed by atoms with van der Waals surface area (Å²) in [4.78, 5) is 0. The molecule has 0 aromatic carbocycles. The van der Waals surface area contributed by atoms with Crippen LogP contribution in [0.15, 0.2) is 11.6 Å². The van der Waals surface area contributed by atoms with Gasteiger partial charge >= 0.3 is 0 Å². The number of hydrogen-bond donors (Lipinski definition) is 1. The molecule has 0 aliphatic rings. The standard InChI is InChI=1S/C6H9F2N.C2H6/c1-3-5(4-9)6(2,7)8;1-2/h3-4,9H,1-2H3;1-2H3/b5-3+,9-4?;. The van der Waals surface area contributed by atoms with Gasteiger partial charge in [0.15, 0.2) is 0 Å². The largest absolute Gasteiger partial charge is 0.308 e. The molecule has 0 bridgehead atoms. The van der Waals surface area contributed by atoms with Crippen molar-refractivity contribution in [1.29, 1.82) is 5.41 Å². The van der Waals surface area contributed by atoms with Crippen molar-refractivity contribution in [2.45, 2.75) is 33.6 Å². The molecule has 11 heavy (non-hydrogen) atoms. The third kappa shape index (κ3) is 5.70. The van der Waals surface area contributed by atoms with E-state index in [9.17, 15) is 8.78 Å². The van der Waals surface area contributed by atoms with Crippen LogP contribution in [-0.2, 0) is 0 Å². The molecule has 3 heteroatoms. The van der Waals surface area contributed by atoms with Gasteiger partial charge in [0, 0.05) is 18.7 Å². The lowest BCUT2D eigenvalue weighted by Gasteiger charge is -2.08. The van der Waals surface area contributed by atoms with E-state index in [2.05, 4.69) is 0 Å². The van der Waals surface area contributed by atoms with Gasteiger partial charge in [0.2, 0.25) is 0 Å². The molecule has 0 heterocycles. The molecule has 0 fully saturated rings. The van der Waals surface area contributed by atoms with Crippen LogP contribution in [0.25, 0.3) is 0 Å². The van der Waals surface area contributed by atoms with E-state index in [1.165, 1.54) is 13.0 Å². The van der Waals surface area contributed by atoms with Gasteiger partial charge in [0.25, 0.3) is 5.92 Å². The van der Waals surface area contributed by atoms with Crippen LogP contribution >= 0.6 is 0 Å². The van der Waals surface area contributed by atoms with Gasteiger partial charge in [-0.15, -0.1) is 0 Å². The van der Waals surface area contributed by atoms with Gasteiger partial charge in [-0.2, -0.15) is 0 Å². The summed E-state index contributed by atoms with van der Waals surface area (Å²) in [6, 6.07) is 0. The molecule has 0 aliphatic carbocycles. The molecule has 0 spiro atoms. The second-order valence-electron chi connectivity index (χ2n) is 1.78. The maximum Gasteiger partial charge on any atom is 0.271 e. The zero-order valence-electron chi connectivity index (χ0n) is 7.41. The molecule has 0 unspecified atom stereocenters. The fraction of sp³-hybridized carbons (Fsp3) is 0.625. The number of nitrogens with one attached hydrogen (secondary N) is 1. The fourth-order valence-corrected chi connectivity index (χ4v) is 0.464. The van der Waals surface area contributed by atoms with Crippen LogP contribution in [0.5, 0.6) is 0 Å². The Morgan fingerprint density at radius 2 is 1.73 bits per heavy atom. The van der Waals surface area contributed by atoms with Crippen LogP contribution in [0.4, 0.5) is 8.78 Å². The van der Waals surface area contributed by atoms with E-state index >= 15 is 0 Å². The summed E-state index contributed by atoms with van der Waals surface area (Å²) in [5.41, 5.74) is -0.248. The third-order valence-corrected chi connectivity index (χ3v) is 0.973. The van der Waals surface area contributed by atoms with E-state index in [-0.39, 0.29) is 5.57 Å². The minimum atomic E-state index is -2.86. The number of rotatable bonds is 2. The Balaban J connectivity index is 0. The Labute approximate surface area is 66.6 Å². The summed E-state index contributed by atoms with van der Waals surface area (Å²) in [7, 11) is 0. The maximum atomic E-state index is 12.2. The molecule has 1 nitrogen and oxygen atoms in total. The zero-order valence-corrected chi connectivity index (χ0v) is 7.41. The van der Waals surface area contributed by atoms with Crippen LogP contribution in [-0.4, -0.2) is 12.1 Å². The van der Waals surface area contributed by atoms with Crippen LogP contribution in [0.2, 0.25) is 0 Å². The lowest BCUT2D eigenvalue weighted by molar-refractivity contribution is 0.0705. The van der Waals surface area contributed by atoms with Gasteiger partial charge in [-0.3, -0.25) is 0 Å². The third-order valence-electron chi connectivity index (χ3n) is 0.973. The average molecular weight is 163 g/mol. The Morgan fingerprint density at radius 3 is 1.73 bits per heavy atom. The van der Waals surface area contributed by atoms with Crippen molar-refractivity contribution in [3.8, 4) is 0 Å². The van der Waals surface area contributed by atoms with Crippen molar-refractivity contribution in [3.05, 3.63) is 11.6 Å². The second kappa shape index (κ2) is 6.01. The van der Waals surface area contributed by atoms with Crippen molar-refractivity contribution in [1.82, 2.24) is 0 Å². The van der Waals surface area contributed by atoms with Crippen molar-refractivity contribution in [2.24, 2.45) is 0 Å². The van der Waals surface area contributed by atoms with Gasteiger partial charge in [-0.1, -0.05) is 19.9 Å². The van der Waals surface area contributed by atoms with Crippen molar-refractivity contribution in [3.63, 3.8) is 0 Å². The molecule has 0 aliphatic heterocycles. The average Bonchev–Trinajstić information content (AvgIpc) is 1.92. The monoisotopic (exact) mass is 163 g/mol. The van der Waals surface area contributed by atoms with Crippen molar-refractivity contribution >= 4 is 6.21 Å². The van der Waals surface area contributed by atoms with Gasteiger partial charge in [-0.05, 0) is 6.92 Å². The summed E-state index contributed by atoms with van der Waals surface area (Å²) in [5.74, 6) is -2.86.